The molecule has 1 aromatic carbocycles. The van der Waals surface area contributed by atoms with Gasteiger partial charge in [0.1, 0.15) is 0 Å². The fourth-order valence-corrected chi connectivity index (χ4v) is 1.56. The Morgan fingerprint density at radius 1 is 1.26 bits per heavy atom. The van der Waals surface area contributed by atoms with Crippen molar-refractivity contribution in [1.29, 1.82) is 0 Å². The molecule has 3 N–H and O–H groups in total. The first-order valence-corrected chi connectivity index (χ1v) is 5.75. The molecule has 0 aliphatic heterocycles. The first-order chi connectivity index (χ1) is 9.15. The molecular weight excluding hydrogens is 246 g/mol. The van der Waals surface area contributed by atoms with E-state index < -0.39 is 5.91 Å². The number of nitrogens with one attached hydrogen (secondary N) is 1. The lowest BCUT2D eigenvalue weighted by molar-refractivity contribution is -0.116. The number of carbonyl (C=O) groups is 2. The summed E-state index contributed by atoms with van der Waals surface area (Å²) in [6.45, 7) is 0. The third kappa shape index (κ3) is 3.67. The van der Waals surface area contributed by atoms with Crippen molar-refractivity contribution in [2.45, 2.75) is 12.8 Å². The molecule has 0 radical (unpaired) electrons. The molecule has 0 unspecified atom stereocenters. The zero-order chi connectivity index (χ0) is 13.7. The third-order valence-corrected chi connectivity index (χ3v) is 2.50. The van der Waals surface area contributed by atoms with Crippen LogP contribution in [0.1, 0.15) is 22.5 Å². The summed E-state index contributed by atoms with van der Waals surface area (Å²) >= 11 is 0. The van der Waals surface area contributed by atoms with Crippen molar-refractivity contribution in [3.05, 3.63) is 47.7 Å². The zero-order valence-electron chi connectivity index (χ0n) is 10.1. The standard InChI is InChI=1S/C13H13N3O3/c14-13(18)10-8-11(16-19-10)15-12(17)7-6-9-4-2-1-3-5-9/h1-5,8H,6-7H2,(H2,14,18)(H,15,16,17). The van der Waals surface area contributed by atoms with Crippen LogP contribution in [0, 0.1) is 0 Å². The van der Waals surface area contributed by atoms with Gasteiger partial charge < -0.3 is 15.6 Å². The highest BCUT2D eigenvalue weighted by atomic mass is 16.5. The van der Waals surface area contributed by atoms with Gasteiger partial charge in [0.15, 0.2) is 5.82 Å². The number of benzene rings is 1. The van der Waals surface area contributed by atoms with Gasteiger partial charge in [-0.2, -0.15) is 0 Å². The number of anilines is 1. The Labute approximate surface area is 109 Å². The van der Waals surface area contributed by atoms with E-state index in [9.17, 15) is 9.59 Å². The second-order valence-electron chi connectivity index (χ2n) is 3.97. The average Bonchev–Trinajstić information content (AvgIpc) is 2.86. The van der Waals surface area contributed by atoms with Crippen LogP contribution in [-0.4, -0.2) is 17.0 Å². The van der Waals surface area contributed by atoms with E-state index in [0.29, 0.717) is 12.8 Å². The van der Waals surface area contributed by atoms with E-state index in [1.807, 2.05) is 30.3 Å². The summed E-state index contributed by atoms with van der Waals surface area (Å²) in [6.07, 6.45) is 0.954. The Morgan fingerprint density at radius 3 is 2.63 bits per heavy atom. The molecule has 6 heteroatoms. The lowest BCUT2D eigenvalue weighted by Gasteiger charge is -2.01. The Hall–Kier alpha value is -2.63. The van der Waals surface area contributed by atoms with Crippen molar-refractivity contribution < 1.29 is 14.1 Å². The van der Waals surface area contributed by atoms with Crippen LogP contribution in [-0.2, 0) is 11.2 Å². The summed E-state index contributed by atoms with van der Waals surface area (Å²) in [5, 5.41) is 6.06. The second-order valence-corrected chi connectivity index (χ2v) is 3.97. The summed E-state index contributed by atoms with van der Waals surface area (Å²) in [4.78, 5) is 22.4. The fourth-order valence-electron chi connectivity index (χ4n) is 1.56. The van der Waals surface area contributed by atoms with Gasteiger partial charge >= 0.3 is 0 Å². The van der Waals surface area contributed by atoms with Crippen LogP contribution in [0.2, 0.25) is 0 Å². The number of hydrogen-bond acceptors (Lipinski definition) is 4. The van der Waals surface area contributed by atoms with E-state index in [4.69, 9.17) is 5.73 Å². The van der Waals surface area contributed by atoms with Gasteiger partial charge in [-0.15, -0.1) is 0 Å². The molecule has 0 saturated carbocycles. The van der Waals surface area contributed by atoms with Crippen LogP contribution in [0.25, 0.3) is 0 Å². The SMILES string of the molecule is NC(=O)c1cc(NC(=O)CCc2ccccc2)no1. The second kappa shape index (κ2) is 5.81. The van der Waals surface area contributed by atoms with Crippen LogP contribution in [0.3, 0.4) is 0 Å². The maximum Gasteiger partial charge on any atom is 0.287 e. The third-order valence-electron chi connectivity index (χ3n) is 2.50. The van der Waals surface area contributed by atoms with Gasteiger partial charge in [-0.05, 0) is 12.0 Å². The van der Waals surface area contributed by atoms with Crippen LogP contribution >= 0.6 is 0 Å². The molecule has 1 heterocycles. The zero-order valence-corrected chi connectivity index (χ0v) is 10.1. The van der Waals surface area contributed by atoms with E-state index in [-0.39, 0.29) is 17.5 Å². The lowest BCUT2D eigenvalue weighted by atomic mass is 10.1. The Kier molecular flexibility index (Phi) is 3.92. The van der Waals surface area contributed by atoms with E-state index in [2.05, 4.69) is 15.0 Å². The van der Waals surface area contributed by atoms with Crippen molar-refractivity contribution >= 4 is 17.6 Å². The molecule has 19 heavy (non-hydrogen) atoms. The number of aryl methyl sites for hydroxylation is 1. The van der Waals surface area contributed by atoms with Crippen molar-refractivity contribution in [2.75, 3.05) is 5.32 Å². The molecule has 0 fully saturated rings. The number of rotatable bonds is 5. The number of nitrogens with two attached hydrogens (primary N) is 1. The topological polar surface area (TPSA) is 98.2 Å². The van der Waals surface area contributed by atoms with Gasteiger partial charge in [0.25, 0.3) is 5.91 Å². The molecule has 0 bridgehead atoms. The Bertz CT molecular complexity index is 578. The molecule has 0 spiro atoms. The smallest absolute Gasteiger partial charge is 0.287 e. The molecule has 0 aliphatic rings. The predicted molar refractivity (Wildman–Crippen MR) is 68.4 cm³/mol. The number of amides is 2. The summed E-state index contributed by atoms with van der Waals surface area (Å²) in [6, 6.07) is 11.0. The van der Waals surface area contributed by atoms with Crippen LogP contribution in [0.15, 0.2) is 40.9 Å². The molecule has 2 rings (SSSR count). The summed E-state index contributed by atoms with van der Waals surface area (Å²) in [5.41, 5.74) is 6.09. The largest absolute Gasteiger partial charge is 0.363 e. The van der Waals surface area contributed by atoms with E-state index >= 15 is 0 Å². The highest BCUT2D eigenvalue weighted by Gasteiger charge is 2.11. The minimum Gasteiger partial charge on any atom is -0.363 e. The van der Waals surface area contributed by atoms with Crippen LogP contribution in [0.5, 0.6) is 0 Å². The number of aromatic nitrogens is 1. The number of nitrogens with zero attached hydrogens (tertiary/aromatic N) is 1. The first-order valence-electron chi connectivity index (χ1n) is 5.75. The van der Waals surface area contributed by atoms with Gasteiger partial charge in [-0.25, -0.2) is 0 Å². The minimum atomic E-state index is -0.725. The lowest BCUT2D eigenvalue weighted by Crippen LogP contribution is -2.12. The predicted octanol–water partition coefficient (Wildman–Crippen LogP) is 1.34. The van der Waals surface area contributed by atoms with E-state index in [1.165, 1.54) is 6.07 Å². The molecule has 0 saturated heterocycles. The van der Waals surface area contributed by atoms with Gasteiger partial charge in [0.2, 0.25) is 11.7 Å². The number of primary amides is 1. The maximum absolute atomic E-state index is 11.7. The molecule has 0 aliphatic carbocycles. The monoisotopic (exact) mass is 259 g/mol. The Balaban J connectivity index is 1.85. The van der Waals surface area contributed by atoms with E-state index in [0.717, 1.165) is 5.56 Å². The summed E-state index contributed by atoms with van der Waals surface area (Å²) in [7, 11) is 0. The number of carbonyl (C=O) groups excluding carboxylic acids is 2. The molecule has 98 valence electrons. The fraction of sp³-hybridized carbons (Fsp3) is 0.154. The maximum atomic E-state index is 11.7. The minimum absolute atomic E-state index is 0.0849. The molecule has 6 nitrogen and oxygen atoms in total. The van der Waals surface area contributed by atoms with Gasteiger partial charge in [0.05, 0.1) is 0 Å². The van der Waals surface area contributed by atoms with Crippen molar-refractivity contribution in [3.63, 3.8) is 0 Å². The van der Waals surface area contributed by atoms with E-state index in [1.54, 1.807) is 0 Å². The van der Waals surface area contributed by atoms with Crippen LogP contribution in [0.4, 0.5) is 5.82 Å². The van der Waals surface area contributed by atoms with Crippen molar-refractivity contribution in [1.82, 2.24) is 5.16 Å². The van der Waals surface area contributed by atoms with Crippen molar-refractivity contribution in [3.8, 4) is 0 Å². The molecule has 2 amide bonds. The normalized spacial score (nSPS) is 10.1. The van der Waals surface area contributed by atoms with Gasteiger partial charge in [-0.1, -0.05) is 35.5 Å². The van der Waals surface area contributed by atoms with Gasteiger partial charge in [-0.3, -0.25) is 9.59 Å². The van der Waals surface area contributed by atoms with Crippen molar-refractivity contribution in [2.24, 2.45) is 5.73 Å². The molecular formula is C13H13N3O3. The summed E-state index contributed by atoms with van der Waals surface area (Å²) < 4.78 is 4.65. The van der Waals surface area contributed by atoms with Gasteiger partial charge in [0, 0.05) is 12.5 Å². The molecule has 2 aromatic rings. The molecule has 0 atom stereocenters. The van der Waals surface area contributed by atoms with Crippen LogP contribution < -0.4 is 11.1 Å². The summed E-state index contributed by atoms with van der Waals surface area (Å²) in [5.74, 6) is -0.823. The quantitative estimate of drug-likeness (QED) is 0.846. The first kappa shape index (κ1) is 12.8. The Morgan fingerprint density at radius 2 is 2.00 bits per heavy atom. The molecule has 1 aromatic heterocycles. The number of hydrogen-bond donors (Lipinski definition) is 2. The highest BCUT2D eigenvalue weighted by molar-refractivity contribution is 5.93. The average molecular weight is 259 g/mol. The highest BCUT2D eigenvalue weighted by Crippen LogP contribution is 2.09.